The summed E-state index contributed by atoms with van der Waals surface area (Å²) in [5.74, 6) is 0.920. The lowest BCUT2D eigenvalue weighted by Gasteiger charge is -2.28. The van der Waals surface area contributed by atoms with Crippen LogP contribution in [-0.2, 0) is 0 Å². The second-order valence-electron chi connectivity index (χ2n) is 5.87. The van der Waals surface area contributed by atoms with E-state index < -0.39 is 0 Å². The number of carbonyl (C=O) groups is 1. The number of aromatic nitrogens is 2. The fourth-order valence-electron chi connectivity index (χ4n) is 3.26. The van der Waals surface area contributed by atoms with Crippen molar-refractivity contribution in [2.45, 2.75) is 31.7 Å². The van der Waals surface area contributed by atoms with E-state index in [0.717, 1.165) is 39.0 Å². The standard InChI is InChI=1S/C15H23N5O2/c1-22-14-9-13(16-11-17-14)18-15(21)20-8-4-5-12(20)10-19-6-2-3-7-19/h9,11-12H,2-8,10H2,1H3,(H,16,17,18,21). The van der Waals surface area contributed by atoms with Crippen molar-refractivity contribution in [3.8, 4) is 5.88 Å². The zero-order chi connectivity index (χ0) is 15.4. The number of ether oxygens (including phenoxy) is 1. The first-order chi connectivity index (χ1) is 10.8. The molecule has 7 heteroatoms. The van der Waals surface area contributed by atoms with Gasteiger partial charge in [-0.25, -0.2) is 14.8 Å². The molecule has 0 saturated carbocycles. The summed E-state index contributed by atoms with van der Waals surface area (Å²) < 4.78 is 5.05. The quantitative estimate of drug-likeness (QED) is 0.914. The van der Waals surface area contributed by atoms with Crippen molar-refractivity contribution in [2.75, 3.05) is 38.6 Å². The van der Waals surface area contributed by atoms with Crippen molar-refractivity contribution < 1.29 is 9.53 Å². The summed E-state index contributed by atoms with van der Waals surface area (Å²) in [6.07, 6.45) is 6.09. The molecule has 1 aromatic rings. The van der Waals surface area contributed by atoms with Crippen LogP contribution in [-0.4, -0.2) is 65.1 Å². The Labute approximate surface area is 130 Å². The Morgan fingerprint density at radius 2 is 2.14 bits per heavy atom. The summed E-state index contributed by atoms with van der Waals surface area (Å²) in [7, 11) is 1.54. The largest absolute Gasteiger partial charge is 0.481 e. The average Bonchev–Trinajstić information content (AvgIpc) is 3.19. The molecule has 3 heterocycles. The Hall–Kier alpha value is -1.89. The number of urea groups is 1. The summed E-state index contributed by atoms with van der Waals surface area (Å²) in [5, 5.41) is 2.85. The van der Waals surface area contributed by atoms with E-state index in [1.807, 2.05) is 4.90 Å². The maximum Gasteiger partial charge on any atom is 0.323 e. The highest BCUT2D eigenvalue weighted by Crippen LogP contribution is 2.21. The molecule has 0 aromatic carbocycles. The molecule has 120 valence electrons. The van der Waals surface area contributed by atoms with Crippen LogP contribution in [0.1, 0.15) is 25.7 Å². The van der Waals surface area contributed by atoms with Crippen LogP contribution in [0.15, 0.2) is 12.4 Å². The normalized spacial score (nSPS) is 22.0. The monoisotopic (exact) mass is 305 g/mol. The molecule has 2 amide bonds. The Balaban J connectivity index is 1.60. The molecule has 1 atom stereocenters. The molecule has 3 rings (SSSR count). The lowest BCUT2D eigenvalue weighted by Crippen LogP contribution is -2.44. The third-order valence-corrected chi connectivity index (χ3v) is 4.39. The number of hydrogen-bond donors (Lipinski definition) is 1. The maximum absolute atomic E-state index is 12.5. The van der Waals surface area contributed by atoms with Crippen molar-refractivity contribution >= 4 is 11.8 Å². The molecule has 2 aliphatic heterocycles. The van der Waals surface area contributed by atoms with Gasteiger partial charge in [0, 0.05) is 25.2 Å². The van der Waals surface area contributed by atoms with Crippen molar-refractivity contribution in [3.63, 3.8) is 0 Å². The summed E-state index contributed by atoms with van der Waals surface area (Å²) in [5.41, 5.74) is 0. The molecule has 22 heavy (non-hydrogen) atoms. The van der Waals surface area contributed by atoms with Crippen LogP contribution in [0, 0.1) is 0 Å². The molecule has 0 bridgehead atoms. The number of rotatable bonds is 4. The Kier molecular flexibility index (Phi) is 4.72. The smallest absolute Gasteiger partial charge is 0.323 e. The number of methoxy groups -OCH3 is 1. The fourth-order valence-corrected chi connectivity index (χ4v) is 3.26. The Morgan fingerprint density at radius 1 is 1.32 bits per heavy atom. The number of nitrogens with one attached hydrogen (secondary N) is 1. The van der Waals surface area contributed by atoms with Crippen LogP contribution >= 0.6 is 0 Å². The van der Waals surface area contributed by atoms with Gasteiger partial charge in [-0.05, 0) is 38.8 Å². The van der Waals surface area contributed by atoms with Gasteiger partial charge in [0.05, 0.1) is 7.11 Å². The van der Waals surface area contributed by atoms with Gasteiger partial charge < -0.3 is 14.5 Å². The second kappa shape index (κ2) is 6.91. The summed E-state index contributed by atoms with van der Waals surface area (Å²) in [6.45, 7) is 4.12. The van der Waals surface area contributed by atoms with Gasteiger partial charge in [-0.3, -0.25) is 5.32 Å². The number of anilines is 1. The summed E-state index contributed by atoms with van der Waals surface area (Å²) >= 11 is 0. The molecule has 0 aliphatic carbocycles. The minimum atomic E-state index is -0.0811. The number of nitrogens with zero attached hydrogens (tertiary/aromatic N) is 4. The molecule has 7 nitrogen and oxygen atoms in total. The third-order valence-electron chi connectivity index (χ3n) is 4.39. The van der Waals surface area contributed by atoms with Crippen LogP contribution in [0.4, 0.5) is 10.6 Å². The molecule has 2 aliphatic rings. The van der Waals surface area contributed by atoms with E-state index in [1.165, 1.54) is 19.2 Å². The predicted molar refractivity (Wildman–Crippen MR) is 83.0 cm³/mol. The number of likely N-dealkylation sites (tertiary alicyclic amines) is 2. The van der Waals surface area contributed by atoms with Gasteiger partial charge in [0.25, 0.3) is 0 Å². The van der Waals surface area contributed by atoms with E-state index in [1.54, 1.807) is 13.2 Å². The first-order valence-electron chi connectivity index (χ1n) is 7.92. The molecule has 1 N–H and O–H groups in total. The number of hydrogen-bond acceptors (Lipinski definition) is 5. The highest BCUT2D eigenvalue weighted by Gasteiger charge is 2.31. The molecule has 0 spiro atoms. The maximum atomic E-state index is 12.5. The van der Waals surface area contributed by atoms with Crippen LogP contribution in [0.5, 0.6) is 5.88 Å². The van der Waals surface area contributed by atoms with Gasteiger partial charge in [0.15, 0.2) is 0 Å². The van der Waals surface area contributed by atoms with E-state index in [-0.39, 0.29) is 6.03 Å². The number of amides is 2. The lowest BCUT2D eigenvalue weighted by atomic mass is 10.2. The topological polar surface area (TPSA) is 70.6 Å². The number of carbonyl (C=O) groups excluding carboxylic acids is 1. The van der Waals surface area contributed by atoms with Crippen molar-refractivity contribution in [1.82, 2.24) is 19.8 Å². The zero-order valence-electron chi connectivity index (χ0n) is 13.0. The molecule has 1 aromatic heterocycles. The van der Waals surface area contributed by atoms with Crippen molar-refractivity contribution in [1.29, 1.82) is 0 Å². The molecular formula is C15H23N5O2. The fraction of sp³-hybridized carbons (Fsp3) is 0.667. The SMILES string of the molecule is COc1cc(NC(=O)N2CCCC2CN2CCCC2)ncn1. The summed E-state index contributed by atoms with van der Waals surface area (Å²) in [6, 6.07) is 1.85. The molecule has 2 fully saturated rings. The second-order valence-corrected chi connectivity index (χ2v) is 5.87. The van der Waals surface area contributed by atoms with Gasteiger partial charge in [-0.1, -0.05) is 0 Å². The Morgan fingerprint density at radius 3 is 2.91 bits per heavy atom. The van der Waals surface area contributed by atoms with Crippen LogP contribution in [0.2, 0.25) is 0 Å². The van der Waals surface area contributed by atoms with Crippen molar-refractivity contribution in [2.24, 2.45) is 0 Å². The van der Waals surface area contributed by atoms with E-state index in [0.29, 0.717) is 17.7 Å². The highest BCUT2D eigenvalue weighted by atomic mass is 16.5. The van der Waals surface area contributed by atoms with Gasteiger partial charge >= 0.3 is 6.03 Å². The van der Waals surface area contributed by atoms with E-state index >= 15 is 0 Å². The molecule has 1 unspecified atom stereocenters. The van der Waals surface area contributed by atoms with Gasteiger partial charge in [0.2, 0.25) is 5.88 Å². The van der Waals surface area contributed by atoms with Gasteiger partial charge in [-0.15, -0.1) is 0 Å². The van der Waals surface area contributed by atoms with E-state index in [4.69, 9.17) is 4.74 Å². The van der Waals surface area contributed by atoms with Crippen LogP contribution in [0.25, 0.3) is 0 Å². The minimum absolute atomic E-state index is 0.0811. The Bertz CT molecular complexity index is 518. The highest BCUT2D eigenvalue weighted by molar-refractivity contribution is 5.88. The zero-order valence-corrected chi connectivity index (χ0v) is 13.0. The van der Waals surface area contributed by atoms with Crippen LogP contribution < -0.4 is 10.1 Å². The first kappa shape index (κ1) is 15.0. The lowest BCUT2D eigenvalue weighted by molar-refractivity contribution is 0.186. The molecule has 0 radical (unpaired) electrons. The third kappa shape index (κ3) is 3.47. The van der Waals surface area contributed by atoms with Gasteiger partial charge in [-0.2, -0.15) is 0 Å². The van der Waals surface area contributed by atoms with E-state index in [9.17, 15) is 4.79 Å². The predicted octanol–water partition coefficient (Wildman–Crippen LogP) is 1.58. The van der Waals surface area contributed by atoms with Crippen LogP contribution in [0.3, 0.4) is 0 Å². The average molecular weight is 305 g/mol. The molecule has 2 saturated heterocycles. The summed E-state index contributed by atoms with van der Waals surface area (Å²) in [4.78, 5) is 24.9. The minimum Gasteiger partial charge on any atom is -0.481 e. The van der Waals surface area contributed by atoms with Gasteiger partial charge in [0.1, 0.15) is 12.1 Å². The van der Waals surface area contributed by atoms with Crippen molar-refractivity contribution in [3.05, 3.63) is 12.4 Å². The molecular weight excluding hydrogens is 282 g/mol. The van der Waals surface area contributed by atoms with E-state index in [2.05, 4.69) is 20.2 Å². The first-order valence-corrected chi connectivity index (χ1v) is 7.92.